The van der Waals surface area contributed by atoms with Crippen molar-refractivity contribution in [3.05, 3.63) is 39.4 Å². The SMILES string of the molecule is NCCC#Cc1cc([N+](=O)[O-])ccc1C(F)(F)F. The minimum absolute atomic E-state index is 0.212. The van der Waals surface area contributed by atoms with E-state index in [1.807, 2.05) is 0 Å². The molecule has 2 N–H and O–H groups in total. The Labute approximate surface area is 101 Å². The highest BCUT2D eigenvalue weighted by Crippen LogP contribution is 2.33. The highest BCUT2D eigenvalue weighted by atomic mass is 19.4. The smallest absolute Gasteiger partial charge is 0.330 e. The molecule has 0 fully saturated rings. The number of hydrogen-bond donors (Lipinski definition) is 1. The lowest BCUT2D eigenvalue weighted by Crippen LogP contribution is -2.08. The van der Waals surface area contributed by atoms with Crippen LogP contribution in [0.25, 0.3) is 0 Å². The molecular formula is C11H9F3N2O2. The van der Waals surface area contributed by atoms with Gasteiger partial charge in [0, 0.05) is 30.7 Å². The van der Waals surface area contributed by atoms with Crippen LogP contribution in [0.2, 0.25) is 0 Å². The van der Waals surface area contributed by atoms with Gasteiger partial charge in [0.05, 0.1) is 10.5 Å². The third kappa shape index (κ3) is 3.46. The van der Waals surface area contributed by atoms with Gasteiger partial charge in [-0.25, -0.2) is 0 Å². The first-order valence-corrected chi connectivity index (χ1v) is 4.91. The first-order chi connectivity index (χ1) is 8.36. The fourth-order valence-corrected chi connectivity index (χ4v) is 1.23. The second-order valence-electron chi connectivity index (χ2n) is 3.33. The number of halogens is 3. The van der Waals surface area contributed by atoms with Crippen molar-refractivity contribution in [3.63, 3.8) is 0 Å². The number of nitrogens with two attached hydrogens (primary N) is 1. The maximum atomic E-state index is 12.6. The van der Waals surface area contributed by atoms with Crippen LogP contribution in [0.4, 0.5) is 18.9 Å². The number of non-ortho nitro benzene ring substituents is 1. The van der Waals surface area contributed by atoms with Gasteiger partial charge in [0.15, 0.2) is 0 Å². The van der Waals surface area contributed by atoms with Gasteiger partial charge < -0.3 is 5.73 Å². The van der Waals surface area contributed by atoms with E-state index < -0.39 is 27.9 Å². The first-order valence-electron chi connectivity index (χ1n) is 4.91. The number of nitro benzene ring substituents is 1. The molecule has 0 unspecified atom stereocenters. The zero-order valence-corrected chi connectivity index (χ0v) is 9.12. The molecular weight excluding hydrogens is 249 g/mol. The molecule has 4 nitrogen and oxygen atoms in total. The van der Waals surface area contributed by atoms with Crippen molar-refractivity contribution in [2.24, 2.45) is 5.73 Å². The number of hydrogen-bond acceptors (Lipinski definition) is 3. The van der Waals surface area contributed by atoms with Gasteiger partial charge in [-0.2, -0.15) is 13.2 Å². The van der Waals surface area contributed by atoms with Gasteiger partial charge in [-0.15, -0.1) is 0 Å². The van der Waals surface area contributed by atoms with E-state index in [1.165, 1.54) is 0 Å². The van der Waals surface area contributed by atoms with Crippen molar-refractivity contribution >= 4 is 5.69 Å². The van der Waals surface area contributed by atoms with Gasteiger partial charge in [0.1, 0.15) is 0 Å². The molecule has 0 aliphatic rings. The van der Waals surface area contributed by atoms with Crippen LogP contribution in [0, 0.1) is 22.0 Å². The summed E-state index contributed by atoms with van der Waals surface area (Å²) in [6, 6.07) is 2.27. The Bertz CT molecular complexity index is 515. The van der Waals surface area contributed by atoms with Crippen LogP contribution < -0.4 is 5.73 Å². The summed E-state index contributed by atoms with van der Waals surface area (Å²) >= 11 is 0. The first kappa shape index (κ1) is 14.0. The van der Waals surface area contributed by atoms with Crippen LogP contribution in [0.15, 0.2) is 18.2 Å². The third-order valence-electron chi connectivity index (χ3n) is 2.01. The van der Waals surface area contributed by atoms with Gasteiger partial charge in [-0.1, -0.05) is 11.8 Å². The van der Waals surface area contributed by atoms with Crippen LogP contribution in [0.5, 0.6) is 0 Å². The molecule has 0 saturated carbocycles. The predicted molar refractivity (Wildman–Crippen MR) is 58.6 cm³/mol. The second-order valence-corrected chi connectivity index (χ2v) is 3.33. The summed E-state index contributed by atoms with van der Waals surface area (Å²) in [7, 11) is 0. The van der Waals surface area contributed by atoms with Gasteiger partial charge in [0.2, 0.25) is 0 Å². The van der Waals surface area contributed by atoms with Crippen LogP contribution in [0.3, 0.4) is 0 Å². The van der Waals surface area contributed by atoms with Crippen molar-refractivity contribution in [2.75, 3.05) is 6.54 Å². The van der Waals surface area contributed by atoms with E-state index in [4.69, 9.17) is 5.73 Å². The van der Waals surface area contributed by atoms with Gasteiger partial charge in [-0.3, -0.25) is 10.1 Å². The Hall–Kier alpha value is -2.07. The summed E-state index contributed by atoms with van der Waals surface area (Å²) < 4.78 is 37.9. The highest BCUT2D eigenvalue weighted by Gasteiger charge is 2.33. The van der Waals surface area contributed by atoms with Gasteiger partial charge in [-0.05, 0) is 6.07 Å². The van der Waals surface area contributed by atoms with E-state index in [2.05, 4.69) is 11.8 Å². The number of benzene rings is 1. The summed E-state index contributed by atoms with van der Waals surface area (Å²) in [5.41, 5.74) is 3.33. The average Bonchev–Trinajstić information content (AvgIpc) is 2.27. The van der Waals surface area contributed by atoms with Gasteiger partial charge >= 0.3 is 6.18 Å². The number of nitro groups is 1. The Balaban J connectivity index is 3.28. The Morgan fingerprint density at radius 2 is 2.06 bits per heavy atom. The minimum atomic E-state index is -4.60. The molecule has 96 valence electrons. The summed E-state index contributed by atoms with van der Waals surface area (Å²) in [6.45, 7) is 0.212. The zero-order chi connectivity index (χ0) is 13.8. The molecule has 0 amide bonds. The minimum Gasteiger partial charge on any atom is -0.330 e. The van der Waals surface area contributed by atoms with Crippen LogP contribution in [-0.2, 0) is 6.18 Å². The van der Waals surface area contributed by atoms with Crippen molar-refractivity contribution in [2.45, 2.75) is 12.6 Å². The topological polar surface area (TPSA) is 69.2 Å². The largest absolute Gasteiger partial charge is 0.417 e. The average molecular weight is 258 g/mol. The molecule has 1 aromatic rings. The third-order valence-corrected chi connectivity index (χ3v) is 2.01. The molecule has 7 heteroatoms. The van der Waals surface area contributed by atoms with Crippen LogP contribution in [-0.4, -0.2) is 11.5 Å². The highest BCUT2D eigenvalue weighted by molar-refractivity contribution is 5.49. The molecule has 0 atom stereocenters. The van der Waals surface area contributed by atoms with E-state index in [0.717, 1.165) is 12.1 Å². The van der Waals surface area contributed by atoms with E-state index in [0.29, 0.717) is 6.07 Å². The summed E-state index contributed by atoms with van der Waals surface area (Å²) in [5, 5.41) is 10.5. The predicted octanol–water partition coefficient (Wildman–Crippen LogP) is 2.31. The summed E-state index contributed by atoms with van der Waals surface area (Å²) in [6.07, 6.45) is -4.37. The summed E-state index contributed by atoms with van der Waals surface area (Å²) in [4.78, 5) is 9.73. The fourth-order valence-electron chi connectivity index (χ4n) is 1.23. The molecule has 0 aliphatic heterocycles. The monoisotopic (exact) mass is 258 g/mol. The molecule has 18 heavy (non-hydrogen) atoms. The fraction of sp³-hybridized carbons (Fsp3) is 0.273. The molecule has 0 heterocycles. The molecule has 0 saturated heterocycles. The Kier molecular flexibility index (Phi) is 4.28. The number of nitrogens with zero attached hydrogens (tertiary/aromatic N) is 1. The van der Waals surface area contributed by atoms with Crippen LogP contribution in [0.1, 0.15) is 17.5 Å². The zero-order valence-electron chi connectivity index (χ0n) is 9.12. The quantitative estimate of drug-likeness (QED) is 0.502. The van der Waals surface area contributed by atoms with Crippen molar-refractivity contribution < 1.29 is 18.1 Å². The lowest BCUT2D eigenvalue weighted by atomic mass is 10.1. The van der Waals surface area contributed by atoms with E-state index in [9.17, 15) is 23.3 Å². The maximum absolute atomic E-state index is 12.6. The van der Waals surface area contributed by atoms with Crippen molar-refractivity contribution in [3.8, 4) is 11.8 Å². The lowest BCUT2D eigenvalue weighted by Gasteiger charge is -2.08. The summed E-state index contributed by atoms with van der Waals surface area (Å²) in [5.74, 6) is 4.69. The van der Waals surface area contributed by atoms with E-state index in [1.54, 1.807) is 0 Å². The maximum Gasteiger partial charge on any atom is 0.417 e. The van der Waals surface area contributed by atoms with Crippen molar-refractivity contribution in [1.29, 1.82) is 0 Å². The molecule has 0 aromatic heterocycles. The number of rotatable bonds is 2. The molecule has 0 bridgehead atoms. The van der Waals surface area contributed by atoms with E-state index in [-0.39, 0.29) is 13.0 Å². The Morgan fingerprint density at radius 3 is 2.56 bits per heavy atom. The van der Waals surface area contributed by atoms with Crippen molar-refractivity contribution in [1.82, 2.24) is 0 Å². The number of alkyl halides is 3. The molecule has 0 spiro atoms. The standard InChI is InChI=1S/C11H9F3N2O2/c12-11(13,14)10-5-4-9(16(17)18)7-8(10)3-1-2-6-15/h4-5,7H,2,6,15H2. The normalized spacial score (nSPS) is 10.7. The molecule has 1 aromatic carbocycles. The molecule has 1 rings (SSSR count). The Morgan fingerprint density at radius 1 is 1.39 bits per heavy atom. The molecule has 0 aliphatic carbocycles. The van der Waals surface area contributed by atoms with Crippen LogP contribution >= 0.6 is 0 Å². The molecule has 0 radical (unpaired) electrons. The van der Waals surface area contributed by atoms with Gasteiger partial charge in [0.25, 0.3) is 5.69 Å². The second kappa shape index (κ2) is 5.51. The van der Waals surface area contributed by atoms with E-state index >= 15 is 0 Å². The lowest BCUT2D eigenvalue weighted by molar-refractivity contribution is -0.384.